The molecule has 0 radical (unpaired) electrons. The van der Waals surface area contributed by atoms with Gasteiger partial charge in [0, 0.05) is 37.2 Å². The van der Waals surface area contributed by atoms with Crippen LogP contribution < -0.4 is 16.2 Å². The number of aryl methyl sites for hydroxylation is 1. The lowest BCUT2D eigenvalue weighted by atomic mass is 9.78. The normalized spacial score (nSPS) is 16.0. The molecule has 1 aromatic carbocycles. The lowest BCUT2D eigenvalue weighted by Gasteiger charge is -2.32. The first-order valence-electron chi connectivity index (χ1n) is 18.6. The summed E-state index contributed by atoms with van der Waals surface area (Å²) in [7, 11) is 1.30. The molecule has 17 heteroatoms. The molecule has 2 aliphatic carbocycles. The van der Waals surface area contributed by atoms with Crippen LogP contribution in [0.1, 0.15) is 102 Å². The zero-order valence-corrected chi connectivity index (χ0v) is 31.8. The molecule has 1 amide bonds. The number of carbonyl (C=O) groups is 2. The maximum absolute atomic E-state index is 13.2. The van der Waals surface area contributed by atoms with Crippen LogP contribution in [0, 0.1) is 6.92 Å². The Bertz CT molecular complexity index is 2440. The van der Waals surface area contributed by atoms with Crippen LogP contribution in [0.5, 0.6) is 11.5 Å². The minimum absolute atomic E-state index is 0.00202. The number of ketones is 1. The zero-order chi connectivity index (χ0) is 41.3. The van der Waals surface area contributed by atoms with E-state index in [4.69, 9.17) is 0 Å². The topological polar surface area (TPSA) is 194 Å². The molecule has 57 heavy (non-hydrogen) atoms. The van der Waals surface area contributed by atoms with E-state index in [9.17, 15) is 47.7 Å². The summed E-state index contributed by atoms with van der Waals surface area (Å²) in [6.45, 7) is 3.09. The van der Waals surface area contributed by atoms with Crippen molar-refractivity contribution in [1.82, 2.24) is 34.4 Å². The quantitative estimate of drug-likeness (QED) is 0.146. The van der Waals surface area contributed by atoms with Gasteiger partial charge in [-0.15, -0.1) is 0 Å². The summed E-state index contributed by atoms with van der Waals surface area (Å²) in [5.41, 5.74) is -1.94. The third-order valence-electron chi connectivity index (χ3n) is 11.2. The fourth-order valence-corrected chi connectivity index (χ4v) is 8.28. The molecule has 0 unspecified atom stereocenters. The Morgan fingerprint density at radius 2 is 1.60 bits per heavy atom. The summed E-state index contributed by atoms with van der Waals surface area (Å²) in [6, 6.07) is 9.05. The molecule has 7 rings (SSSR count). The van der Waals surface area contributed by atoms with E-state index in [1.165, 1.54) is 30.9 Å². The SMILES string of the molecule is CC(=O)c1nn(CC2(n3cc(C)c4cccnc43)CCCC2)cc(O)c1=O.CNC(=O)c1nn(CC2(c3cccc(C(F)(F)F)c3)CCCC2)c(CO)c(O)c1=O. The highest BCUT2D eigenvalue weighted by molar-refractivity contribution is 5.92. The van der Waals surface area contributed by atoms with Crippen LogP contribution in [-0.4, -0.2) is 63.2 Å². The number of aliphatic hydroxyl groups excluding tert-OH is 1. The largest absolute Gasteiger partial charge is 0.503 e. The number of amides is 1. The zero-order valence-electron chi connectivity index (χ0n) is 31.8. The highest BCUT2D eigenvalue weighted by Gasteiger charge is 2.40. The molecule has 2 saturated carbocycles. The molecule has 5 aromatic rings. The third-order valence-corrected chi connectivity index (χ3v) is 11.2. The number of halogens is 3. The van der Waals surface area contributed by atoms with Crippen molar-refractivity contribution in [3.63, 3.8) is 0 Å². The highest BCUT2D eigenvalue weighted by atomic mass is 19.4. The van der Waals surface area contributed by atoms with E-state index in [1.54, 1.807) is 12.3 Å². The van der Waals surface area contributed by atoms with Crippen LogP contribution in [0.4, 0.5) is 13.2 Å². The number of aromatic nitrogens is 6. The van der Waals surface area contributed by atoms with Crippen molar-refractivity contribution in [2.24, 2.45) is 0 Å². The van der Waals surface area contributed by atoms with E-state index < -0.39 is 63.5 Å². The summed E-state index contributed by atoms with van der Waals surface area (Å²) in [5.74, 6) is -2.51. The number of carbonyl (C=O) groups excluding carboxylic acids is 2. The Morgan fingerprint density at radius 1 is 0.912 bits per heavy atom. The fourth-order valence-electron chi connectivity index (χ4n) is 8.28. The summed E-state index contributed by atoms with van der Waals surface area (Å²) < 4.78 is 44.6. The standard InChI is InChI=1S/C20H22F3N3O4.C20H22N4O3/c1-24-18(30)15-17(29)16(28)14(10-27)26(25-15)11-19(7-2-3-8-19)12-5-4-6-13(9-12)20(21,22)23;1-13-10-24(19-15(13)6-5-9-21-19)20(7-3-4-8-20)12-23-11-16(26)18(27)17(22-23)14(2)25/h4-6,9,27-28H,2-3,7-8,10-11H2,1H3,(H,24,30);5-6,9-11,26H,3-4,7-8,12H2,1-2H3. The number of alkyl halides is 3. The lowest BCUT2D eigenvalue weighted by Crippen LogP contribution is -2.36. The van der Waals surface area contributed by atoms with Crippen molar-refractivity contribution in [1.29, 1.82) is 0 Å². The van der Waals surface area contributed by atoms with Gasteiger partial charge in [0.25, 0.3) is 16.8 Å². The number of Topliss-reactive ketones (excluding diaryl/α,β-unsaturated/α-hetero) is 1. The molecule has 0 saturated heterocycles. The number of benzene rings is 1. The van der Waals surface area contributed by atoms with Gasteiger partial charge in [-0.1, -0.05) is 43.9 Å². The number of rotatable bonds is 9. The van der Waals surface area contributed by atoms with Gasteiger partial charge in [-0.05, 0) is 61.9 Å². The average molecular weight is 792 g/mol. The summed E-state index contributed by atoms with van der Waals surface area (Å²) in [6.07, 6.45) is 7.45. The Balaban J connectivity index is 0.000000194. The van der Waals surface area contributed by atoms with Gasteiger partial charge in [0.2, 0.25) is 0 Å². The molecule has 0 aliphatic heterocycles. The smallest absolute Gasteiger partial charge is 0.416 e. The van der Waals surface area contributed by atoms with Gasteiger partial charge >= 0.3 is 6.18 Å². The number of nitrogens with zero attached hydrogens (tertiary/aromatic N) is 6. The van der Waals surface area contributed by atoms with Crippen molar-refractivity contribution in [2.75, 3.05) is 7.05 Å². The molecule has 14 nitrogen and oxygen atoms in total. The van der Waals surface area contributed by atoms with E-state index in [1.807, 2.05) is 6.07 Å². The molecule has 4 N–H and O–H groups in total. The van der Waals surface area contributed by atoms with Crippen LogP contribution in [0.25, 0.3) is 11.0 Å². The number of pyridine rings is 1. The maximum Gasteiger partial charge on any atom is 0.416 e. The molecule has 0 bridgehead atoms. The van der Waals surface area contributed by atoms with Crippen LogP contribution in [0.15, 0.2) is 64.6 Å². The number of hydrogen-bond donors (Lipinski definition) is 4. The van der Waals surface area contributed by atoms with Crippen molar-refractivity contribution in [2.45, 2.75) is 102 Å². The summed E-state index contributed by atoms with van der Waals surface area (Å²) >= 11 is 0. The lowest BCUT2D eigenvalue weighted by molar-refractivity contribution is -0.137. The minimum Gasteiger partial charge on any atom is -0.503 e. The number of hydrogen-bond acceptors (Lipinski definition) is 10. The number of nitrogens with one attached hydrogen (secondary N) is 1. The molecule has 0 spiro atoms. The van der Waals surface area contributed by atoms with Crippen LogP contribution in [0.3, 0.4) is 0 Å². The van der Waals surface area contributed by atoms with Gasteiger partial charge in [-0.2, -0.15) is 23.4 Å². The Kier molecular flexibility index (Phi) is 11.4. The van der Waals surface area contributed by atoms with Crippen molar-refractivity contribution < 1.29 is 38.1 Å². The predicted octanol–water partition coefficient (Wildman–Crippen LogP) is 5.11. The van der Waals surface area contributed by atoms with Gasteiger partial charge in [-0.25, -0.2) is 4.98 Å². The predicted molar refractivity (Wildman–Crippen MR) is 202 cm³/mol. The molecule has 0 atom stereocenters. The molecule has 4 heterocycles. The third kappa shape index (κ3) is 7.93. The second-order valence-electron chi connectivity index (χ2n) is 14.9. The van der Waals surface area contributed by atoms with Crippen molar-refractivity contribution in [3.05, 3.63) is 109 Å². The molecule has 2 fully saturated rings. The van der Waals surface area contributed by atoms with E-state index in [0.29, 0.717) is 24.9 Å². The van der Waals surface area contributed by atoms with Gasteiger partial charge in [0.05, 0.1) is 37.0 Å². The van der Waals surface area contributed by atoms with E-state index in [-0.39, 0.29) is 23.5 Å². The number of aliphatic hydroxyl groups is 1. The minimum atomic E-state index is -4.49. The van der Waals surface area contributed by atoms with Crippen LogP contribution >= 0.6 is 0 Å². The van der Waals surface area contributed by atoms with E-state index in [0.717, 1.165) is 71.9 Å². The fraction of sp³-hybridized carbons (Fsp3) is 0.425. The number of fused-ring (bicyclic) bond motifs is 1. The Hall–Kier alpha value is -5.84. The molecule has 302 valence electrons. The molecule has 4 aromatic heterocycles. The van der Waals surface area contributed by atoms with Crippen LogP contribution in [-0.2, 0) is 36.8 Å². The molecular formula is C40H44F3N7O7. The monoisotopic (exact) mass is 791 g/mol. The Morgan fingerprint density at radius 3 is 2.23 bits per heavy atom. The maximum atomic E-state index is 13.2. The van der Waals surface area contributed by atoms with E-state index in [2.05, 4.69) is 44.3 Å². The second kappa shape index (κ2) is 16.0. The van der Waals surface area contributed by atoms with Gasteiger partial charge < -0.3 is 25.2 Å². The first kappa shape index (κ1) is 40.8. The van der Waals surface area contributed by atoms with Gasteiger partial charge in [0.15, 0.2) is 28.7 Å². The second-order valence-corrected chi connectivity index (χ2v) is 14.9. The molecule has 2 aliphatic rings. The van der Waals surface area contributed by atoms with Crippen molar-refractivity contribution in [3.8, 4) is 11.5 Å². The first-order valence-corrected chi connectivity index (χ1v) is 18.6. The van der Waals surface area contributed by atoms with Gasteiger partial charge in [0.1, 0.15) is 11.3 Å². The van der Waals surface area contributed by atoms with Crippen molar-refractivity contribution >= 4 is 22.7 Å². The van der Waals surface area contributed by atoms with Crippen LogP contribution in [0.2, 0.25) is 0 Å². The first-order chi connectivity index (χ1) is 27.0. The summed E-state index contributed by atoms with van der Waals surface area (Å²) in [5, 5.41) is 41.5. The Labute approximate surface area is 324 Å². The van der Waals surface area contributed by atoms with Gasteiger partial charge in [-0.3, -0.25) is 28.5 Å². The average Bonchev–Trinajstić information content (AvgIpc) is 3.95. The highest BCUT2D eigenvalue weighted by Crippen LogP contribution is 2.44. The van der Waals surface area contributed by atoms with E-state index >= 15 is 0 Å². The summed E-state index contributed by atoms with van der Waals surface area (Å²) in [4.78, 5) is 52.5. The number of aromatic hydroxyl groups is 2. The molecular weight excluding hydrogens is 747 g/mol.